The number of esters is 1. The molecule has 1 N–H and O–H groups in total. The van der Waals surface area contributed by atoms with Crippen LogP contribution in [0.3, 0.4) is 0 Å². The molecule has 1 atom stereocenters. The van der Waals surface area contributed by atoms with E-state index in [4.69, 9.17) is 4.74 Å². The van der Waals surface area contributed by atoms with Gasteiger partial charge in [-0.3, -0.25) is 0 Å². The summed E-state index contributed by atoms with van der Waals surface area (Å²) in [7, 11) is 0. The maximum absolute atomic E-state index is 10.8. The maximum Gasteiger partial charge on any atom is 0.332 e. The van der Waals surface area contributed by atoms with Crippen molar-refractivity contribution in [2.24, 2.45) is 5.92 Å². The molecule has 0 aromatic heterocycles. The summed E-state index contributed by atoms with van der Waals surface area (Å²) in [4.78, 5) is 10.8. The monoisotopic (exact) mass is 184 g/mol. The van der Waals surface area contributed by atoms with Gasteiger partial charge in [0, 0.05) is 12.0 Å². The Morgan fingerprint density at radius 1 is 1.46 bits per heavy atom. The second kappa shape index (κ2) is 5.02. The van der Waals surface area contributed by atoms with Gasteiger partial charge in [0.05, 0.1) is 0 Å². The third kappa shape index (κ3) is 3.19. The summed E-state index contributed by atoms with van der Waals surface area (Å²) in [6, 6.07) is 0. The first-order valence-electron chi connectivity index (χ1n) is 4.75. The number of carbonyl (C=O) groups is 1. The Morgan fingerprint density at radius 3 is 2.62 bits per heavy atom. The highest BCUT2D eigenvalue weighted by Crippen LogP contribution is 2.26. The molecule has 1 rings (SSSR count). The van der Waals surface area contributed by atoms with Crippen LogP contribution in [0.1, 0.15) is 32.1 Å². The SMILES string of the molecule is C=CC(=O)OC(O)C1CCCCC1. The fourth-order valence-corrected chi connectivity index (χ4v) is 1.68. The Hall–Kier alpha value is -0.830. The fraction of sp³-hybridized carbons (Fsp3) is 0.700. The Kier molecular flexibility index (Phi) is 3.96. The number of hydrogen-bond acceptors (Lipinski definition) is 3. The number of aliphatic hydroxyl groups excluding tert-OH is 1. The molecule has 74 valence electrons. The highest BCUT2D eigenvalue weighted by Gasteiger charge is 2.23. The summed E-state index contributed by atoms with van der Waals surface area (Å²) in [5, 5.41) is 9.48. The molecule has 0 bridgehead atoms. The van der Waals surface area contributed by atoms with Crippen molar-refractivity contribution in [1.29, 1.82) is 0 Å². The maximum atomic E-state index is 10.8. The molecule has 0 amide bonds. The molecule has 0 heterocycles. The molecule has 1 aliphatic rings. The van der Waals surface area contributed by atoms with Crippen molar-refractivity contribution in [3.05, 3.63) is 12.7 Å². The van der Waals surface area contributed by atoms with Gasteiger partial charge in [-0.25, -0.2) is 4.79 Å². The number of carbonyl (C=O) groups excluding carboxylic acids is 1. The number of rotatable bonds is 3. The van der Waals surface area contributed by atoms with E-state index in [0.29, 0.717) is 0 Å². The van der Waals surface area contributed by atoms with Crippen LogP contribution in [0.4, 0.5) is 0 Å². The summed E-state index contributed by atoms with van der Waals surface area (Å²) in [6.45, 7) is 3.27. The normalized spacial score (nSPS) is 20.7. The van der Waals surface area contributed by atoms with E-state index < -0.39 is 12.3 Å². The zero-order valence-corrected chi connectivity index (χ0v) is 7.74. The predicted molar refractivity (Wildman–Crippen MR) is 48.9 cm³/mol. The lowest BCUT2D eigenvalue weighted by molar-refractivity contribution is -0.173. The van der Waals surface area contributed by atoms with Crippen molar-refractivity contribution in [2.45, 2.75) is 38.4 Å². The van der Waals surface area contributed by atoms with E-state index >= 15 is 0 Å². The first-order chi connectivity index (χ1) is 6.24. The lowest BCUT2D eigenvalue weighted by Crippen LogP contribution is -2.27. The van der Waals surface area contributed by atoms with Crippen LogP contribution in [-0.4, -0.2) is 17.4 Å². The van der Waals surface area contributed by atoms with Gasteiger partial charge in [-0.15, -0.1) is 0 Å². The van der Waals surface area contributed by atoms with E-state index in [9.17, 15) is 9.90 Å². The molecule has 0 radical (unpaired) electrons. The van der Waals surface area contributed by atoms with Crippen LogP contribution in [0.5, 0.6) is 0 Å². The number of hydrogen-bond donors (Lipinski definition) is 1. The molecule has 0 spiro atoms. The van der Waals surface area contributed by atoms with Crippen LogP contribution in [0.25, 0.3) is 0 Å². The highest BCUT2D eigenvalue weighted by molar-refractivity contribution is 5.81. The highest BCUT2D eigenvalue weighted by atomic mass is 16.6. The summed E-state index contributed by atoms with van der Waals surface area (Å²) in [5.74, 6) is -0.421. The van der Waals surface area contributed by atoms with Gasteiger partial charge >= 0.3 is 5.97 Å². The Morgan fingerprint density at radius 2 is 2.08 bits per heavy atom. The van der Waals surface area contributed by atoms with Crippen molar-refractivity contribution in [3.8, 4) is 0 Å². The lowest BCUT2D eigenvalue weighted by atomic mass is 9.89. The smallest absolute Gasteiger partial charge is 0.332 e. The summed E-state index contributed by atoms with van der Waals surface area (Å²) < 4.78 is 4.74. The van der Waals surface area contributed by atoms with Crippen molar-refractivity contribution in [3.63, 3.8) is 0 Å². The van der Waals surface area contributed by atoms with E-state index in [1.807, 2.05) is 0 Å². The average Bonchev–Trinajstić information content (AvgIpc) is 2.19. The minimum absolute atomic E-state index is 0.123. The third-order valence-electron chi connectivity index (χ3n) is 2.46. The first kappa shape index (κ1) is 10.3. The number of aliphatic hydroxyl groups is 1. The third-order valence-corrected chi connectivity index (χ3v) is 2.46. The predicted octanol–water partition coefficient (Wildman–Crippen LogP) is 1.61. The summed E-state index contributed by atoms with van der Waals surface area (Å²) in [6.07, 6.45) is 5.49. The van der Waals surface area contributed by atoms with Crippen LogP contribution in [0.2, 0.25) is 0 Å². The molecule has 1 unspecified atom stereocenters. The molecule has 0 aromatic rings. The molecule has 3 heteroatoms. The van der Waals surface area contributed by atoms with Crippen LogP contribution >= 0.6 is 0 Å². The number of ether oxygens (including phenoxy) is 1. The van der Waals surface area contributed by atoms with Crippen LogP contribution in [0, 0.1) is 5.92 Å². The Bertz CT molecular complexity index is 183. The van der Waals surface area contributed by atoms with E-state index in [-0.39, 0.29) is 5.92 Å². The van der Waals surface area contributed by atoms with Crippen LogP contribution in [-0.2, 0) is 9.53 Å². The second-order valence-corrected chi connectivity index (χ2v) is 3.43. The zero-order chi connectivity index (χ0) is 9.68. The van der Waals surface area contributed by atoms with Gasteiger partial charge in [0.25, 0.3) is 0 Å². The van der Waals surface area contributed by atoms with Crippen LogP contribution in [0.15, 0.2) is 12.7 Å². The Labute approximate surface area is 78.4 Å². The molecular formula is C10H16O3. The van der Waals surface area contributed by atoms with Gasteiger partial charge in [0.1, 0.15) is 0 Å². The van der Waals surface area contributed by atoms with Gasteiger partial charge in [0.2, 0.25) is 6.29 Å². The van der Waals surface area contributed by atoms with E-state index in [2.05, 4.69) is 6.58 Å². The van der Waals surface area contributed by atoms with Gasteiger partial charge in [-0.05, 0) is 12.8 Å². The van der Waals surface area contributed by atoms with Gasteiger partial charge < -0.3 is 9.84 Å². The first-order valence-corrected chi connectivity index (χ1v) is 4.75. The average molecular weight is 184 g/mol. The molecule has 1 saturated carbocycles. The van der Waals surface area contributed by atoms with Crippen molar-refractivity contribution >= 4 is 5.97 Å². The molecule has 0 saturated heterocycles. The standard InChI is InChI=1S/C10H16O3/c1-2-9(11)13-10(12)8-6-4-3-5-7-8/h2,8,10,12H,1,3-7H2. The Balaban J connectivity index is 2.32. The molecule has 13 heavy (non-hydrogen) atoms. The summed E-state index contributed by atoms with van der Waals surface area (Å²) >= 11 is 0. The largest absolute Gasteiger partial charge is 0.433 e. The topological polar surface area (TPSA) is 46.5 Å². The fourth-order valence-electron chi connectivity index (χ4n) is 1.68. The molecule has 0 aliphatic heterocycles. The molecule has 1 aliphatic carbocycles. The van der Waals surface area contributed by atoms with Crippen molar-refractivity contribution in [1.82, 2.24) is 0 Å². The zero-order valence-electron chi connectivity index (χ0n) is 7.74. The quantitative estimate of drug-likeness (QED) is 0.412. The summed E-state index contributed by atoms with van der Waals surface area (Å²) in [5.41, 5.74) is 0. The minimum Gasteiger partial charge on any atom is -0.433 e. The molecule has 3 nitrogen and oxygen atoms in total. The van der Waals surface area contributed by atoms with Crippen molar-refractivity contribution in [2.75, 3.05) is 0 Å². The van der Waals surface area contributed by atoms with Crippen LogP contribution < -0.4 is 0 Å². The molecule has 0 aromatic carbocycles. The minimum atomic E-state index is -0.939. The van der Waals surface area contributed by atoms with E-state index in [0.717, 1.165) is 31.8 Å². The van der Waals surface area contributed by atoms with Crippen molar-refractivity contribution < 1.29 is 14.6 Å². The van der Waals surface area contributed by atoms with E-state index in [1.165, 1.54) is 6.42 Å². The van der Waals surface area contributed by atoms with Gasteiger partial charge in [0.15, 0.2) is 0 Å². The van der Waals surface area contributed by atoms with Gasteiger partial charge in [-0.1, -0.05) is 25.8 Å². The van der Waals surface area contributed by atoms with E-state index in [1.54, 1.807) is 0 Å². The van der Waals surface area contributed by atoms with Gasteiger partial charge in [-0.2, -0.15) is 0 Å². The molecular weight excluding hydrogens is 168 g/mol. The lowest BCUT2D eigenvalue weighted by Gasteiger charge is -2.25. The second-order valence-electron chi connectivity index (χ2n) is 3.43. The molecule has 1 fully saturated rings.